The van der Waals surface area contributed by atoms with Gasteiger partial charge in [-0.1, -0.05) is 43.5 Å². The van der Waals surface area contributed by atoms with E-state index in [0.717, 1.165) is 17.4 Å². The van der Waals surface area contributed by atoms with Gasteiger partial charge >= 0.3 is 6.09 Å². The number of methoxy groups -OCH3 is 3. The molecule has 0 saturated heterocycles. The molecule has 0 aliphatic carbocycles. The number of benzene rings is 3. The highest BCUT2D eigenvalue weighted by Crippen LogP contribution is 2.37. The number of allylic oxidation sites excluding steroid dienone is 3. The molecular weight excluding hydrogens is 676 g/mol. The third kappa shape index (κ3) is 16.1. The van der Waals surface area contributed by atoms with Crippen molar-refractivity contribution in [3.8, 4) is 23.0 Å². The zero-order valence-corrected chi connectivity index (χ0v) is 32.1. The van der Waals surface area contributed by atoms with Crippen molar-refractivity contribution in [3.63, 3.8) is 0 Å². The normalized spacial score (nSPS) is 10.7. The predicted molar refractivity (Wildman–Crippen MR) is 213 cm³/mol. The maximum absolute atomic E-state index is 12.8. The van der Waals surface area contributed by atoms with Crippen LogP contribution in [0.1, 0.15) is 54.0 Å². The van der Waals surface area contributed by atoms with Gasteiger partial charge in [-0.15, -0.1) is 6.58 Å². The summed E-state index contributed by atoms with van der Waals surface area (Å²) in [7, 11) is 6.07. The van der Waals surface area contributed by atoms with Crippen molar-refractivity contribution in [1.82, 2.24) is 5.32 Å². The van der Waals surface area contributed by atoms with E-state index >= 15 is 0 Å². The molecule has 284 valence electrons. The van der Waals surface area contributed by atoms with E-state index in [1.54, 1.807) is 81.5 Å². The van der Waals surface area contributed by atoms with Crippen LogP contribution in [0.3, 0.4) is 0 Å². The number of amides is 2. The van der Waals surface area contributed by atoms with Crippen molar-refractivity contribution in [2.24, 2.45) is 4.99 Å². The summed E-state index contributed by atoms with van der Waals surface area (Å²) in [6.45, 7) is 20.2. The number of aldehydes is 1. The number of aliphatic imine (C=N–C) groups is 1. The highest BCUT2D eigenvalue weighted by atomic mass is 16.6. The van der Waals surface area contributed by atoms with Crippen LogP contribution in [0.25, 0.3) is 0 Å². The molecule has 0 bridgehead atoms. The van der Waals surface area contributed by atoms with Gasteiger partial charge < -0.3 is 34.3 Å². The SMILES string of the molecule is C=C/C=C(\C=C)COc1ccc(C(=O)Nc2cc(NC(=NC)NC(=O)OC(C)(C)C)ccc2C)cc1.C=CC.COc1cc(C=O)cc(OC)c1OC. The minimum atomic E-state index is -0.633. The van der Waals surface area contributed by atoms with E-state index in [9.17, 15) is 14.4 Å². The van der Waals surface area contributed by atoms with Gasteiger partial charge in [0.2, 0.25) is 11.7 Å². The first-order valence-corrected chi connectivity index (χ1v) is 16.4. The Morgan fingerprint density at radius 1 is 0.887 bits per heavy atom. The second-order valence-electron chi connectivity index (χ2n) is 11.8. The van der Waals surface area contributed by atoms with Crippen molar-refractivity contribution in [1.29, 1.82) is 0 Å². The zero-order chi connectivity index (χ0) is 40.0. The lowest BCUT2D eigenvalue weighted by Crippen LogP contribution is -2.39. The van der Waals surface area contributed by atoms with Gasteiger partial charge in [-0.3, -0.25) is 19.9 Å². The largest absolute Gasteiger partial charge is 0.493 e. The number of rotatable bonds is 12. The fourth-order valence-electron chi connectivity index (χ4n) is 4.07. The molecule has 3 rings (SSSR count). The lowest BCUT2D eigenvalue weighted by Gasteiger charge is -2.20. The van der Waals surface area contributed by atoms with Crippen LogP contribution < -0.4 is 34.9 Å². The van der Waals surface area contributed by atoms with Crippen molar-refractivity contribution < 1.29 is 38.1 Å². The first-order chi connectivity index (χ1) is 25.2. The van der Waals surface area contributed by atoms with Crippen LogP contribution in [-0.2, 0) is 4.74 Å². The highest BCUT2D eigenvalue weighted by molar-refractivity contribution is 6.06. The van der Waals surface area contributed by atoms with Gasteiger partial charge in [0.25, 0.3) is 5.91 Å². The van der Waals surface area contributed by atoms with Crippen LogP contribution in [0.5, 0.6) is 23.0 Å². The maximum Gasteiger partial charge on any atom is 0.414 e. The Kier molecular flexibility index (Phi) is 19.6. The van der Waals surface area contributed by atoms with Gasteiger partial charge in [-0.25, -0.2) is 4.79 Å². The molecular formula is C41H52N4O8. The lowest BCUT2D eigenvalue weighted by atomic mass is 10.1. The number of nitrogens with zero attached hydrogens (tertiary/aromatic N) is 1. The van der Waals surface area contributed by atoms with E-state index in [-0.39, 0.29) is 11.9 Å². The molecule has 0 saturated carbocycles. The summed E-state index contributed by atoms with van der Waals surface area (Å²) in [5.41, 5.74) is 3.34. The third-order valence-corrected chi connectivity index (χ3v) is 6.53. The van der Waals surface area contributed by atoms with Gasteiger partial charge in [0.05, 0.1) is 21.3 Å². The summed E-state index contributed by atoms with van der Waals surface area (Å²) in [5, 5.41) is 8.51. The minimum absolute atomic E-state index is 0.212. The van der Waals surface area contributed by atoms with E-state index in [4.69, 9.17) is 23.7 Å². The standard InChI is InChI=1S/C28H34N4O4.C10H12O4.C3H6/c1-8-10-20(9-2)18-35-23-15-12-21(13-16-23)25(33)31-24-17-22(14-11-19(24)3)30-26(29-7)32-27(34)36-28(4,5)6;1-12-8-4-7(6-11)5-9(13-2)10(8)14-3;1-3-2/h8-17H,1-2,18H2,3-7H3,(H,31,33)(H2,29,30,32,34);4-6H,1-3H3;3H,1H2,2H3/b20-10+;;. The average molecular weight is 729 g/mol. The third-order valence-electron chi connectivity index (χ3n) is 6.53. The topological polar surface area (TPSA) is 146 Å². The molecule has 0 radical (unpaired) electrons. The molecule has 0 fully saturated rings. The Bertz CT molecular complexity index is 1730. The number of hydrogen-bond acceptors (Lipinski definition) is 9. The first-order valence-electron chi connectivity index (χ1n) is 16.4. The second kappa shape index (κ2) is 23.2. The number of aryl methyl sites for hydroxylation is 1. The van der Waals surface area contributed by atoms with Crippen LogP contribution in [0.4, 0.5) is 16.2 Å². The molecule has 53 heavy (non-hydrogen) atoms. The molecule has 0 aromatic heterocycles. The molecule has 0 atom stereocenters. The summed E-state index contributed by atoms with van der Waals surface area (Å²) in [5.74, 6) is 2.03. The van der Waals surface area contributed by atoms with Crippen molar-refractivity contribution in [2.45, 2.75) is 40.2 Å². The predicted octanol–water partition coefficient (Wildman–Crippen LogP) is 8.56. The Balaban J connectivity index is 0.000000682. The molecule has 3 aromatic rings. The Morgan fingerprint density at radius 2 is 1.49 bits per heavy atom. The Morgan fingerprint density at radius 3 is 1.96 bits per heavy atom. The fourth-order valence-corrected chi connectivity index (χ4v) is 4.07. The van der Waals surface area contributed by atoms with Crippen molar-refractivity contribution >= 4 is 35.6 Å². The van der Waals surface area contributed by atoms with E-state index in [1.807, 2.05) is 32.1 Å². The van der Waals surface area contributed by atoms with Crippen LogP contribution >= 0.6 is 0 Å². The molecule has 0 aliphatic heterocycles. The molecule has 0 aliphatic rings. The highest BCUT2D eigenvalue weighted by Gasteiger charge is 2.18. The molecule has 12 nitrogen and oxygen atoms in total. The molecule has 0 unspecified atom stereocenters. The van der Waals surface area contributed by atoms with Gasteiger partial charge in [0, 0.05) is 29.5 Å². The summed E-state index contributed by atoms with van der Waals surface area (Å²) in [6, 6.07) is 15.5. The lowest BCUT2D eigenvalue weighted by molar-refractivity contribution is 0.0562. The quantitative estimate of drug-likeness (QED) is 0.0549. The summed E-state index contributed by atoms with van der Waals surface area (Å²) < 4.78 is 26.2. The number of ether oxygens (including phenoxy) is 5. The molecule has 3 aromatic carbocycles. The number of carbonyl (C=O) groups excluding carboxylic acids is 3. The number of alkyl carbamates (subject to hydrolysis) is 1. The van der Waals surface area contributed by atoms with Crippen LogP contribution in [0.15, 0.2) is 109 Å². The second-order valence-corrected chi connectivity index (χ2v) is 11.8. The summed E-state index contributed by atoms with van der Waals surface area (Å²) in [4.78, 5) is 39.5. The number of hydrogen-bond donors (Lipinski definition) is 3. The number of carbonyl (C=O) groups is 3. The maximum atomic E-state index is 12.8. The van der Waals surface area contributed by atoms with Crippen LogP contribution in [-0.4, -0.2) is 64.8 Å². The first kappa shape index (κ1) is 44.7. The van der Waals surface area contributed by atoms with Crippen molar-refractivity contribution in [2.75, 3.05) is 45.6 Å². The molecule has 2 amide bonds. The minimum Gasteiger partial charge on any atom is -0.493 e. The van der Waals surface area contributed by atoms with Gasteiger partial charge in [-0.05, 0) is 94.3 Å². The van der Waals surface area contributed by atoms with E-state index in [0.29, 0.717) is 52.1 Å². The van der Waals surface area contributed by atoms with Crippen molar-refractivity contribution in [3.05, 3.63) is 121 Å². The molecule has 0 spiro atoms. The zero-order valence-electron chi connectivity index (χ0n) is 32.1. The van der Waals surface area contributed by atoms with Crippen LogP contribution in [0.2, 0.25) is 0 Å². The molecule has 12 heteroatoms. The van der Waals surface area contributed by atoms with Gasteiger partial charge in [0.1, 0.15) is 24.2 Å². The Labute approximate surface area is 313 Å². The Hall–Kier alpha value is -6.30. The summed E-state index contributed by atoms with van der Waals surface area (Å²) >= 11 is 0. The van der Waals surface area contributed by atoms with Crippen LogP contribution in [0, 0.1) is 6.92 Å². The van der Waals surface area contributed by atoms with Gasteiger partial charge in [0.15, 0.2) is 11.5 Å². The number of nitrogens with one attached hydrogen (secondary N) is 3. The summed E-state index contributed by atoms with van der Waals surface area (Å²) in [6.07, 6.45) is 7.06. The smallest absolute Gasteiger partial charge is 0.414 e. The number of guanidine groups is 1. The van der Waals surface area contributed by atoms with E-state index in [1.165, 1.54) is 28.4 Å². The van der Waals surface area contributed by atoms with E-state index in [2.05, 4.69) is 40.7 Å². The van der Waals surface area contributed by atoms with E-state index < -0.39 is 11.7 Å². The molecule has 0 heterocycles. The average Bonchev–Trinajstić information content (AvgIpc) is 3.13. The van der Waals surface area contributed by atoms with Gasteiger partial charge in [-0.2, -0.15) is 0 Å². The number of anilines is 2. The monoisotopic (exact) mass is 728 g/mol. The molecule has 3 N–H and O–H groups in total. The fraction of sp³-hybridized carbons (Fsp3) is 0.268.